The highest BCUT2D eigenvalue weighted by molar-refractivity contribution is 5.43. The highest BCUT2D eigenvalue weighted by atomic mass is 15.3. The van der Waals surface area contributed by atoms with Crippen LogP contribution < -0.4 is 10.2 Å². The lowest BCUT2D eigenvalue weighted by Crippen LogP contribution is -2.36. The van der Waals surface area contributed by atoms with E-state index in [0.29, 0.717) is 5.92 Å². The van der Waals surface area contributed by atoms with Crippen molar-refractivity contribution in [2.75, 3.05) is 30.4 Å². The van der Waals surface area contributed by atoms with Crippen molar-refractivity contribution < 1.29 is 0 Å². The maximum absolute atomic E-state index is 4.67. The maximum atomic E-state index is 4.67. The van der Waals surface area contributed by atoms with Crippen molar-refractivity contribution in [1.29, 1.82) is 0 Å². The molecular weight excluding hydrogens is 338 g/mol. The van der Waals surface area contributed by atoms with Crippen molar-refractivity contribution in [3.05, 3.63) is 60.1 Å². The number of piperidine rings is 1. The van der Waals surface area contributed by atoms with Gasteiger partial charge >= 0.3 is 0 Å². The van der Waals surface area contributed by atoms with E-state index in [0.717, 1.165) is 61.5 Å². The van der Waals surface area contributed by atoms with Gasteiger partial charge in [0.1, 0.15) is 11.6 Å². The summed E-state index contributed by atoms with van der Waals surface area (Å²) in [5, 5.41) is 3.12. The zero-order chi connectivity index (χ0) is 18.6. The number of aromatic nitrogens is 5. The molecule has 140 valence electrons. The van der Waals surface area contributed by atoms with Crippen molar-refractivity contribution >= 4 is 11.8 Å². The van der Waals surface area contributed by atoms with Gasteiger partial charge in [-0.05, 0) is 31.9 Å². The molecule has 3 aromatic heterocycles. The number of nitrogens with one attached hydrogen (secondary N) is 1. The first-order chi connectivity index (χ1) is 13.2. The molecule has 0 aromatic carbocycles. The molecule has 0 radical (unpaired) electrons. The Balaban J connectivity index is 1.54. The fraction of sp³-hybridized carbons (Fsp3) is 0.400. The van der Waals surface area contributed by atoms with Crippen LogP contribution in [0.25, 0.3) is 0 Å². The molecule has 1 aliphatic heterocycles. The van der Waals surface area contributed by atoms with Gasteiger partial charge in [0.2, 0.25) is 5.95 Å². The van der Waals surface area contributed by atoms with E-state index in [1.807, 2.05) is 50.8 Å². The fourth-order valence-corrected chi connectivity index (χ4v) is 3.67. The zero-order valence-electron chi connectivity index (χ0n) is 15.8. The standard InChI is InChI=1S/C20H25N7/c1-15-12-18(21-2)25-20(24-15)27-10-5-6-16(13-27)19-23-9-11-26(19)14-17-7-3-4-8-22-17/h3-4,7-9,11-12,16H,5-6,10,13-14H2,1-2H3,(H,21,24,25)/t16-/m0/s1. The molecule has 1 aliphatic rings. The Bertz CT molecular complexity index is 890. The first-order valence-electron chi connectivity index (χ1n) is 9.42. The number of pyridine rings is 1. The number of aryl methyl sites for hydroxylation is 1. The molecule has 3 aromatic rings. The summed E-state index contributed by atoms with van der Waals surface area (Å²) < 4.78 is 2.21. The summed E-state index contributed by atoms with van der Waals surface area (Å²) in [6.07, 6.45) is 8.00. The summed E-state index contributed by atoms with van der Waals surface area (Å²) in [6.45, 7) is 4.61. The zero-order valence-corrected chi connectivity index (χ0v) is 15.8. The Labute approximate surface area is 159 Å². The van der Waals surface area contributed by atoms with Gasteiger partial charge in [-0.1, -0.05) is 6.07 Å². The van der Waals surface area contributed by atoms with E-state index < -0.39 is 0 Å². The Morgan fingerprint density at radius 1 is 1.19 bits per heavy atom. The predicted octanol–water partition coefficient (Wildman–Crippen LogP) is 2.85. The minimum atomic E-state index is 0.361. The van der Waals surface area contributed by atoms with E-state index in [-0.39, 0.29) is 0 Å². The van der Waals surface area contributed by atoms with Crippen LogP contribution in [0.2, 0.25) is 0 Å². The normalized spacial score (nSPS) is 17.1. The molecule has 27 heavy (non-hydrogen) atoms. The molecular formula is C20H25N7. The largest absolute Gasteiger partial charge is 0.373 e. The van der Waals surface area contributed by atoms with Crippen LogP contribution in [-0.2, 0) is 6.54 Å². The molecule has 4 heterocycles. The Hall–Kier alpha value is -2.96. The first kappa shape index (κ1) is 17.5. The van der Waals surface area contributed by atoms with Crippen LogP contribution in [0.3, 0.4) is 0 Å². The predicted molar refractivity (Wildman–Crippen MR) is 106 cm³/mol. The average molecular weight is 363 g/mol. The minimum absolute atomic E-state index is 0.361. The molecule has 1 N–H and O–H groups in total. The molecule has 4 rings (SSSR count). The molecule has 1 saturated heterocycles. The van der Waals surface area contributed by atoms with Gasteiger partial charge in [-0.2, -0.15) is 4.98 Å². The number of imidazole rings is 1. The quantitative estimate of drug-likeness (QED) is 0.752. The number of rotatable bonds is 5. The molecule has 1 fully saturated rings. The Morgan fingerprint density at radius 3 is 2.93 bits per heavy atom. The molecule has 7 nitrogen and oxygen atoms in total. The van der Waals surface area contributed by atoms with Gasteiger partial charge in [0, 0.05) is 56.4 Å². The number of hydrogen-bond donors (Lipinski definition) is 1. The van der Waals surface area contributed by atoms with Crippen LogP contribution in [0.15, 0.2) is 42.9 Å². The van der Waals surface area contributed by atoms with E-state index in [4.69, 9.17) is 0 Å². The van der Waals surface area contributed by atoms with Gasteiger partial charge in [-0.15, -0.1) is 0 Å². The number of anilines is 2. The van der Waals surface area contributed by atoms with Crippen molar-refractivity contribution in [3.8, 4) is 0 Å². The molecule has 7 heteroatoms. The topological polar surface area (TPSA) is 71.8 Å². The van der Waals surface area contributed by atoms with Crippen LogP contribution >= 0.6 is 0 Å². The third kappa shape index (κ3) is 3.92. The van der Waals surface area contributed by atoms with Gasteiger partial charge in [0.05, 0.1) is 12.2 Å². The second-order valence-corrected chi connectivity index (χ2v) is 6.96. The Kier molecular flexibility index (Phi) is 5.00. The lowest BCUT2D eigenvalue weighted by atomic mass is 9.97. The van der Waals surface area contributed by atoms with E-state index >= 15 is 0 Å². The van der Waals surface area contributed by atoms with E-state index in [1.165, 1.54) is 0 Å². The highest BCUT2D eigenvalue weighted by Crippen LogP contribution is 2.28. The van der Waals surface area contributed by atoms with Crippen LogP contribution in [-0.4, -0.2) is 44.6 Å². The summed E-state index contributed by atoms with van der Waals surface area (Å²) in [7, 11) is 1.89. The first-order valence-corrected chi connectivity index (χ1v) is 9.42. The molecule has 0 bridgehead atoms. The minimum Gasteiger partial charge on any atom is -0.373 e. The lowest BCUT2D eigenvalue weighted by Gasteiger charge is -2.33. The van der Waals surface area contributed by atoms with E-state index in [2.05, 4.69) is 40.8 Å². The van der Waals surface area contributed by atoms with Crippen LogP contribution in [0.5, 0.6) is 0 Å². The summed E-state index contributed by atoms with van der Waals surface area (Å²) in [5.41, 5.74) is 2.02. The second kappa shape index (κ2) is 7.73. The highest BCUT2D eigenvalue weighted by Gasteiger charge is 2.26. The molecule has 0 unspecified atom stereocenters. The summed E-state index contributed by atoms with van der Waals surface area (Å²) in [4.78, 5) is 20.7. The summed E-state index contributed by atoms with van der Waals surface area (Å²) in [5.74, 6) is 3.13. The average Bonchev–Trinajstić information content (AvgIpc) is 3.16. The second-order valence-electron chi connectivity index (χ2n) is 6.96. The third-order valence-electron chi connectivity index (χ3n) is 4.97. The molecule has 1 atom stereocenters. The van der Waals surface area contributed by atoms with Gasteiger partial charge in [0.15, 0.2) is 0 Å². The SMILES string of the molecule is CNc1cc(C)nc(N2CCC[C@H](c3nccn3Cc3ccccn3)C2)n1. The Morgan fingerprint density at radius 2 is 2.11 bits per heavy atom. The number of nitrogens with zero attached hydrogens (tertiary/aromatic N) is 6. The monoisotopic (exact) mass is 363 g/mol. The fourth-order valence-electron chi connectivity index (χ4n) is 3.67. The summed E-state index contributed by atoms with van der Waals surface area (Å²) >= 11 is 0. The van der Waals surface area contributed by atoms with Gasteiger partial charge in [-0.3, -0.25) is 4.98 Å². The smallest absolute Gasteiger partial charge is 0.227 e. The van der Waals surface area contributed by atoms with E-state index in [1.54, 1.807) is 0 Å². The summed E-state index contributed by atoms with van der Waals surface area (Å²) in [6, 6.07) is 7.98. The van der Waals surface area contributed by atoms with Gasteiger partial charge < -0.3 is 14.8 Å². The third-order valence-corrected chi connectivity index (χ3v) is 4.97. The number of hydrogen-bond acceptors (Lipinski definition) is 6. The van der Waals surface area contributed by atoms with E-state index in [9.17, 15) is 0 Å². The van der Waals surface area contributed by atoms with Gasteiger partial charge in [0.25, 0.3) is 0 Å². The molecule has 0 spiro atoms. The molecule has 0 amide bonds. The molecule has 0 aliphatic carbocycles. The van der Waals surface area contributed by atoms with Crippen molar-refractivity contribution in [3.63, 3.8) is 0 Å². The van der Waals surface area contributed by atoms with Crippen molar-refractivity contribution in [2.45, 2.75) is 32.2 Å². The van der Waals surface area contributed by atoms with Crippen molar-refractivity contribution in [1.82, 2.24) is 24.5 Å². The van der Waals surface area contributed by atoms with Crippen LogP contribution in [0.1, 0.15) is 36.0 Å². The lowest BCUT2D eigenvalue weighted by molar-refractivity contribution is 0.470. The van der Waals surface area contributed by atoms with Crippen LogP contribution in [0.4, 0.5) is 11.8 Å². The van der Waals surface area contributed by atoms with Crippen LogP contribution in [0, 0.1) is 6.92 Å². The van der Waals surface area contributed by atoms with Gasteiger partial charge in [-0.25, -0.2) is 9.97 Å². The van der Waals surface area contributed by atoms with Crippen molar-refractivity contribution in [2.24, 2.45) is 0 Å². The molecule has 0 saturated carbocycles. The maximum Gasteiger partial charge on any atom is 0.227 e.